The Morgan fingerprint density at radius 3 is 2.04 bits per heavy atom. The van der Waals surface area contributed by atoms with Gasteiger partial charge in [0.2, 0.25) is 0 Å². The number of nitrogens with one attached hydrogen (secondary N) is 1. The van der Waals surface area contributed by atoms with Crippen molar-refractivity contribution in [2.75, 3.05) is 26.1 Å². The van der Waals surface area contributed by atoms with E-state index in [9.17, 15) is 8.42 Å². The average molecular weight is 367 g/mol. The minimum atomic E-state index is -3.67. The fraction of sp³-hybridized carbons (Fsp3) is 0.250. The van der Waals surface area contributed by atoms with E-state index < -0.39 is 18.8 Å². The van der Waals surface area contributed by atoms with Crippen LogP contribution < -0.4 is 9.91 Å². The SMILES string of the molecule is CO[Si](OC)(OC)c1cccc(NS(=O)(=O)c2ccc(C)cc2)c1. The van der Waals surface area contributed by atoms with E-state index >= 15 is 0 Å². The third-order valence-electron chi connectivity index (χ3n) is 3.61. The van der Waals surface area contributed by atoms with Gasteiger partial charge in [0.15, 0.2) is 0 Å². The second kappa shape index (κ2) is 7.45. The fourth-order valence-corrected chi connectivity index (χ4v) is 5.20. The molecule has 0 atom stereocenters. The van der Waals surface area contributed by atoms with Gasteiger partial charge in [0, 0.05) is 32.2 Å². The largest absolute Gasteiger partial charge is 0.536 e. The normalized spacial score (nSPS) is 12.2. The van der Waals surface area contributed by atoms with E-state index in [2.05, 4.69) is 4.72 Å². The third kappa shape index (κ3) is 3.85. The van der Waals surface area contributed by atoms with Gasteiger partial charge in [-0.15, -0.1) is 0 Å². The summed E-state index contributed by atoms with van der Waals surface area (Å²) in [7, 11) is -2.18. The summed E-state index contributed by atoms with van der Waals surface area (Å²) in [5, 5.41) is 0.666. The summed E-state index contributed by atoms with van der Waals surface area (Å²) in [5.74, 6) is 0. The lowest BCUT2D eigenvalue weighted by Gasteiger charge is -2.24. The number of hydrogen-bond donors (Lipinski definition) is 1. The molecule has 24 heavy (non-hydrogen) atoms. The summed E-state index contributed by atoms with van der Waals surface area (Å²) in [6.07, 6.45) is 0. The minimum absolute atomic E-state index is 0.201. The van der Waals surface area contributed by atoms with Crippen LogP contribution in [0.3, 0.4) is 0 Å². The zero-order valence-electron chi connectivity index (χ0n) is 14.1. The van der Waals surface area contributed by atoms with Crippen LogP contribution in [0.15, 0.2) is 53.4 Å². The minimum Gasteiger partial charge on any atom is -0.373 e. The lowest BCUT2D eigenvalue weighted by molar-refractivity contribution is 0.140. The number of sulfonamides is 1. The molecule has 1 N–H and O–H groups in total. The average Bonchev–Trinajstić information content (AvgIpc) is 2.57. The molecule has 0 aliphatic heterocycles. The molecule has 0 aliphatic rings. The molecule has 0 saturated carbocycles. The highest BCUT2D eigenvalue weighted by Gasteiger charge is 2.40. The standard InChI is InChI=1S/C16H21NO5SSi/c1-13-8-10-15(11-9-13)23(18,19)17-14-6-5-7-16(12-14)24(20-2,21-3)22-4/h5-12,17H,1-4H3. The summed E-state index contributed by atoms with van der Waals surface area (Å²) < 4.78 is 43.8. The zero-order chi connectivity index (χ0) is 17.8. The van der Waals surface area contributed by atoms with Crippen molar-refractivity contribution in [3.63, 3.8) is 0 Å². The van der Waals surface area contributed by atoms with E-state index in [0.29, 0.717) is 10.9 Å². The Morgan fingerprint density at radius 2 is 1.50 bits per heavy atom. The Hall–Kier alpha value is -1.71. The van der Waals surface area contributed by atoms with Crippen LogP contribution in [0.4, 0.5) is 5.69 Å². The molecule has 0 heterocycles. The highest BCUT2D eigenvalue weighted by molar-refractivity contribution is 7.92. The first-order valence-electron chi connectivity index (χ1n) is 7.22. The summed E-state index contributed by atoms with van der Waals surface area (Å²) >= 11 is 0. The van der Waals surface area contributed by atoms with Crippen LogP contribution in [0, 0.1) is 6.92 Å². The van der Waals surface area contributed by atoms with Crippen LogP contribution in [0.5, 0.6) is 0 Å². The zero-order valence-corrected chi connectivity index (χ0v) is 15.9. The van der Waals surface area contributed by atoms with Crippen molar-refractivity contribution in [3.8, 4) is 0 Å². The van der Waals surface area contributed by atoms with Gasteiger partial charge in [-0.1, -0.05) is 29.8 Å². The smallest absolute Gasteiger partial charge is 0.373 e. The predicted octanol–water partition coefficient (Wildman–Crippen LogP) is 1.88. The molecule has 0 fully saturated rings. The molecule has 0 unspecified atom stereocenters. The lowest BCUT2D eigenvalue weighted by atomic mass is 10.2. The molecular weight excluding hydrogens is 346 g/mol. The van der Waals surface area contributed by atoms with Gasteiger partial charge in [-0.05, 0) is 31.2 Å². The molecule has 0 saturated heterocycles. The van der Waals surface area contributed by atoms with Gasteiger partial charge in [0.25, 0.3) is 10.0 Å². The Bertz CT molecular complexity index is 780. The maximum Gasteiger partial charge on any atom is 0.536 e. The number of rotatable bonds is 7. The van der Waals surface area contributed by atoms with Crippen molar-refractivity contribution < 1.29 is 21.7 Å². The highest BCUT2D eigenvalue weighted by Crippen LogP contribution is 2.17. The van der Waals surface area contributed by atoms with Crippen molar-refractivity contribution >= 4 is 29.7 Å². The molecule has 0 aromatic heterocycles. The predicted molar refractivity (Wildman–Crippen MR) is 94.8 cm³/mol. The first-order valence-corrected chi connectivity index (χ1v) is 10.4. The molecule has 2 aromatic carbocycles. The Balaban J connectivity index is 2.34. The van der Waals surface area contributed by atoms with Crippen LogP contribution in [0.1, 0.15) is 5.56 Å². The summed E-state index contributed by atoms with van der Waals surface area (Å²) in [6, 6.07) is 13.5. The first kappa shape index (κ1) is 18.6. The van der Waals surface area contributed by atoms with E-state index in [1.54, 1.807) is 48.5 Å². The van der Waals surface area contributed by atoms with E-state index in [0.717, 1.165) is 5.56 Å². The Morgan fingerprint density at radius 1 is 0.917 bits per heavy atom. The summed E-state index contributed by atoms with van der Waals surface area (Å²) in [5.41, 5.74) is 1.41. The van der Waals surface area contributed by atoms with Gasteiger partial charge < -0.3 is 13.3 Å². The van der Waals surface area contributed by atoms with Gasteiger partial charge in [0.05, 0.1) is 4.90 Å². The van der Waals surface area contributed by atoms with E-state index in [-0.39, 0.29) is 4.90 Å². The van der Waals surface area contributed by atoms with Crippen molar-refractivity contribution in [1.82, 2.24) is 0 Å². The number of hydrogen-bond acceptors (Lipinski definition) is 5. The number of benzene rings is 2. The van der Waals surface area contributed by atoms with Crippen molar-refractivity contribution in [1.29, 1.82) is 0 Å². The molecule has 2 aromatic rings. The van der Waals surface area contributed by atoms with Crippen LogP contribution in [0.2, 0.25) is 0 Å². The molecule has 0 radical (unpaired) electrons. The van der Waals surface area contributed by atoms with Crippen molar-refractivity contribution in [2.24, 2.45) is 0 Å². The monoisotopic (exact) mass is 367 g/mol. The van der Waals surface area contributed by atoms with Gasteiger partial charge in [0.1, 0.15) is 0 Å². The van der Waals surface area contributed by atoms with Crippen LogP contribution >= 0.6 is 0 Å². The fourth-order valence-electron chi connectivity index (χ4n) is 2.31. The van der Waals surface area contributed by atoms with Crippen molar-refractivity contribution in [3.05, 3.63) is 54.1 Å². The summed E-state index contributed by atoms with van der Waals surface area (Å²) in [6.45, 7) is 1.90. The molecular formula is C16H21NO5SSi. The van der Waals surface area contributed by atoms with Crippen LogP contribution in [0.25, 0.3) is 0 Å². The third-order valence-corrected chi connectivity index (χ3v) is 7.63. The number of anilines is 1. The quantitative estimate of drug-likeness (QED) is 0.757. The molecule has 130 valence electrons. The molecule has 0 spiro atoms. The van der Waals surface area contributed by atoms with Crippen LogP contribution in [-0.4, -0.2) is 38.6 Å². The lowest BCUT2D eigenvalue weighted by Crippen LogP contribution is -2.54. The maximum absolute atomic E-state index is 12.5. The highest BCUT2D eigenvalue weighted by atomic mass is 32.2. The molecule has 0 aliphatic carbocycles. The van der Waals surface area contributed by atoms with Gasteiger partial charge in [-0.2, -0.15) is 0 Å². The number of aryl methyl sites for hydroxylation is 1. The molecule has 8 heteroatoms. The van der Waals surface area contributed by atoms with Gasteiger partial charge in [-0.25, -0.2) is 8.42 Å². The van der Waals surface area contributed by atoms with Gasteiger partial charge >= 0.3 is 8.80 Å². The second-order valence-electron chi connectivity index (χ2n) is 5.17. The molecule has 0 amide bonds. The van der Waals surface area contributed by atoms with Crippen molar-refractivity contribution in [2.45, 2.75) is 11.8 Å². The van der Waals surface area contributed by atoms with E-state index in [1.165, 1.54) is 21.3 Å². The van der Waals surface area contributed by atoms with E-state index in [4.69, 9.17) is 13.3 Å². The molecule has 0 bridgehead atoms. The second-order valence-corrected chi connectivity index (χ2v) is 9.76. The maximum atomic E-state index is 12.5. The summed E-state index contributed by atoms with van der Waals surface area (Å²) in [4.78, 5) is 0.201. The molecule has 2 rings (SSSR count). The Labute approximate surface area is 143 Å². The Kier molecular flexibility index (Phi) is 5.78. The van der Waals surface area contributed by atoms with Gasteiger partial charge in [-0.3, -0.25) is 4.72 Å². The molecule has 6 nitrogen and oxygen atoms in total. The van der Waals surface area contributed by atoms with Crippen LogP contribution in [-0.2, 0) is 23.3 Å². The first-order chi connectivity index (χ1) is 11.4. The van der Waals surface area contributed by atoms with E-state index in [1.807, 2.05) is 6.92 Å². The topological polar surface area (TPSA) is 73.9 Å².